The van der Waals surface area contributed by atoms with Gasteiger partial charge < -0.3 is 4.74 Å². The van der Waals surface area contributed by atoms with Crippen LogP contribution in [0.15, 0.2) is 53.6 Å². The zero-order chi connectivity index (χ0) is 12.8. The Morgan fingerprint density at radius 3 is 2.61 bits per heavy atom. The van der Waals surface area contributed by atoms with E-state index in [1.165, 1.54) is 13.3 Å². The van der Waals surface area contributed by atoms with Crippen molar-refractivity contribution in [3.63, 3.8) is 0 Å². The number of nitrogens with one attached hydrogen (secondary N) is 1. The van der Waals surface area contributed by atoms with Gasteiger partial charge in [0.2, 0.25) is 0 Å². The van der Waals surface area contributed by atoms with Gasteiger partial charge in [-0.15, -0.1) is 0 Å². The van der Waals surface area contributed by atoms with Gasteiger partial charge in [0.15, 0.2) is 11.6 Å². The molecule has 2 rings (SSSR count). The van der Waals surface area contributed by atoms with Crippen LogP contribution in [-0.2, 0) is 0 Å². The van der Waals surface area contributed by atoms with Crippen molar-refractivity contribution >= 4 is 11.9 Å². The van der Waals surface area contributed by atoms with E-state index < -0.39 is 5.82 Å². The van der Waals surface area contributed by atoms with Gasteiger partial charge in [-0.2, -0.15) is 5.10 Å². The predicted molar refractivity (Wildman–Crippen MR) is 70.6 cm³/mol. The Morgan fingerprint density at radius 1 is 1.11 bits per heavy atom. The van der Waals surface area contributed by atoms with Crippen LogP contribution in [0.1, 0.15) is 5.56 Å². The number of para-hydroxylation sites is 1. The third-order valence-electron chi connectivity index (χ3n) is 2.38. The van der Waals surface area contributed by atoms with Gasteiger partial charge in [-0.25, -0.2) is 4.39 Å². The summed E-state index contributed by atoms with van der Waals surface area (Å²) in [6, 6.07) is 14.4. The van der Waals surface area contributed by atoms with Gasteiger partial charge in [0.05, 0.1) is 19.0 Å². The molecule has 0 aromatic heterocycles. The maximum atomic E-state index is 13.8. The second kappa shape index (κ2) is 5.82. The van der Waals surface area contributed by atoms with E-state index in [4.69, 9.17) is 4.74 Å². The predicted octanol–water partition coefficient (Wildman–Crippen LogP) is 3.28. The molecule has 0 aliphatic rings. The molecule has 0 spiro atoms. The first-order valence-corrected chi connectivity index (χ1v) is 5.48. The number of halogens is 1. The molecule has 92 valence electrons. The van der Waals surface area contributed by atoms with Crippen LogP contribution in [0, 0.1) is 5.82 Å². The number of ether oxygens (including phenoxy) is 1. The number of hydrazone groups is 1. The Labute approximate surface area is 105 Å². The number of hydrogen-bond acceptors (Lipinski definition) is 3. The molecule has 0 saturated heterocycles. The average Bonchev–Trinajstić information content (AvgIpc) is 2.42. The van der Waals surface area contributed by atoms with Gasteiger partial charge in [0.1, 0.15) is 0 Å². The lowest BCUT2D eigenvalue weighted by Gasteiger charge is -2.03. The van der Waals surface area contributed by atoms with Crippen molar-refractivity contribution in [2.75, 3.05) is 12.5 Å². The SMILES string of the molecule is COc1cccc(C=NNc2ccccc2)c1F. The van der Waals surface area contributed by atoms with Crippen LogP contribution in [0.25, 0.3) is 0 Å². The second-order valence-corrected chi connectivity index (χ2v) is 3.60. The maximum absolute atomic E-state index is 13.8. The largest absolute Gasteiger partial charge is 0.494 e. The van der Waals surface area contributed by atoms with Crippen LogP contribution >= 0.6 is 0 Å². The van der Waals surface area contributed by atoms with E-state index in [2.05, 4.69) is 10.5 Å². The van der Waals surface area contributed by atoms with Crippen molar-refractivity contribution in [3.05, 3.63) is 59.9 Å². The van der Waals surface area contributed by atoms with E-state index >= 15 is 0 Å². The van der Waals surface area contributed by atoms with E-state index in [9.17, 15) is 4.39 Å². The van der Waals surface area contributed by atoms with Crippen molar-refractivity contribution in [3.8, 4) is 5.75 Å². The molecule has 2 aromatic carbocycles. The molecule has 4 heteroatoms. The number of hydrogen-bond donors (Lipinski definition) is 1. The molecule has 2 aromatic rings. The summed E-state index contributed by atoms with van der Waals surface area (Å²) in [5.74, 6) is -0.211. The van der Waals surface area contributed by atoms with E-state index in [0.29, 0.717) is 5.56 Å². The van der Waals surface area contributed by atoms with Crippen LogP contribution in [0.2, 0.25) is 0 Å². The molecule has 0 atom stereocenters. The Bertz CT molecular complexity index is 541. The van der Waals surface area contributed by atoms with Gasteiger partial charge >= 0.3 is 0 Å². The third-order valence-corrected chi connectivity index (χ3v) is 2.38. The fraction of sp³-hybridized carbons (Fsp3) is 0.0714. The van der Waals surface area contributed by atoms with Crippen molar-refractivity contribution in [2.45, 2.75) is 0 Å². The summed E-state index contributed by atoms with van der Waals surface area (Å²) < 4.78 is 18.6. The van der Waals surface area contributed by atoms with Crippen LogP contribution in [-0.4, -0.2) is 13.3 Å². The monoisotopic (exact) mass is 244 g/mol. The highest BCUT2D eigenvalue weighted by atomic mass is 19.1. The van der Waals surface area contributed by atoms with Gasteiger partial charge in [-0.1, -0.05) is 30.3 Å². The number of benzene rings is 2. The topological polar surface area (TPSA) is 33.6 Å². The quantitative estimate of drug-likeness (QED) is 0.661. The number of anilines is 1. The molecule has 3 nitrogen and oxygen atoms in total. The van der Waals surface area contributed by atoms with Gasteiger partial charge in [-0.05, 0) is 18.2 Å². The lowest BCUT2D eigenvalue weighted by molar-refractivity contribution is 0.386. The summed E-state index contributed by atoms with van der Waals surface area (Å²) in [5, 5.41) is 3.98. The normalized spacial score (nSPS) is 10.6. The number of nitrogens with zero attached hydrogens (tertiary/aromatic N) is 1. The molecule has 0 fully saturated rings. The Hall–Kier alpha value is -2.36. The minimum atomic E-state index is -0.418. The van der Waals surface area contributed by atoms with Crippen LogP contribution in [0.3, 0.4) is 0 Å². The molecule has 0 aliphatic heterocycles. The second-order valence-electron chi connectivity index (χ2n) is 3.60. The molecule has 0 bridgehead atoms. The molecular formula is C14H13FN2O. The zero-order valence-corrected chi connectivity index (χ0v) is 9.93. The van der Waals surface area contributed by atoms with Crippen molar-refractivity contribution in [1.82, 2.24) is 0 Å². The average molecular weight is 244 g/mol. The van der Waals surface area contributed by atoms with Crippen LogP contribution < -0.4 is 10.2 Å². The van der Waals surface area contributed by atoms with E-state index in [1.807, 2.05) is 30.3 Å². The van der Waals surface area contributed by atoms with E-state index in [-0.39, 0.29) is 5.75 Å². The molecule has 0 unspecified atom stereocenters. The number of rotatable bonds is 4. The molecule has 0 amide bonds. The smallest absolute Gasteiger partial charge is 0.173 e. The molecular weight excluding hydrogens is 231 g/mol. The first-order chi connectivity index (χ1) is 8.81. The summed E-state index contributed by atoms with van der Waals surface area (Å²) >= 11 is 0. The molecule has 0 saturated carbocycles. The van der Waals surface area contributed by atoms with E-state index in [0.717, 1.165) is 5.69 Å². The summed E-state index contributed by atoms with van der Waals surface area (Å²) in [5.41, 5.74) is 4.04. The highest BCUT2D eigenvalue weighted by Crippen LogP contribution is 2.18. The van der Waals surface area contributed by atoms with Gasteiger partial charge in [0.25, 0.3) is 0 Å². The molecule has 0 heterocycles. The molecule has 0 radical (unpaired) electrons. The molecule has 1 N–H and O–H groups in total. The molecule has 18 heavy (non-hydrogen) atoms. The first-order valence-electron chi connectivity index (χ1n) is 5.48. The molecule has 0 aliphatic carbocycles. The summed E-state index contributed by atoms with van der Waals surface area (Å²) in [6.07, 6.45) is 1.42. The highest BCUT2D eigenvalue weighted by molar-refractivity contribution is 5.81. The van der Waals surface area contributed by atoms with Gasteiger partial charge in [-0.3, -0.25) is 5.43 Å². The summed E-state index contributed by atoms with van der Waals surface area (Å²) in [6.45, 7) is 0. The van der Waals surface area contributed by atoms with Crippen LogP contribution in [0.5, 0.6) is 5.75 Å². The lowest BCUT2D eigenvalue weighted by atomic mass is 10.2. The minimum absolute atomic E-state index is 0.207. The zero-order valence-electron chi connectivity index (χ0n) is 9.93. The Balaban J connectivity index is 2.10. The maximum Gasteiger partial charge on any atom is 0.173 e. The third kappa shape index (κ3) is 2.85. The Kier molecular flexibility index (Phi) is 3.91. The summed E-state index contributed by atoms with van der Waals surface area (Å²) in [4.78, 5) is 0. The van der Waals surface area contributed by atoms with Crippen molar-refractivity contribution < 1.29 is 9.13 Å². The number of methoxy groups -OCH3 is 1. The highest BCUT2D eigenvalue weighted by Gasteiger charge is 2.05. The fourth-order valence-corrected chi connectivity index (χ4v) is 1.47. The van der Waals surface area contributed by atoms with Crippen molar-refractivity contribution in [2.24, 2.45) is 5.10 Å². The summed E-state index contributed by atoms with van der Waals surface area (Å²) in [7, 11) is 1.43. The standard InChI is InChI=1S/C14H13FN2O/c1-18-13-9-5-6-11(14(13)15)10-16-17-12-7-3-2-4-8-12/h2-10,17H,1H3. The fourth-order valence-electron chi connectivity index (χ4n) is 1.47. The lowest BCUT2D eigenvalue weighted by Crippen LogP contribution is -1.95. The van der Waals surface area contributed by atoms with Gasteiger partial charge in [0, 0.05) is 5.56 Å². The van der Waals surface area contributed by atoms with Crippen molar-refractivity contribution in [1.29, 1.82) is 0 Å². The van der Waals surface area contributed by atoms with E-state index in [1.54, 1.807) is 18.2 Å². The van der Waals surface area contributed by atoms with Crippen LogP contribution in [0.4, 0.5) is 10.1 Å². The Morgan fingerprint density at radius 2 is 1.89 bits per heavy atom. The minimum Gasteiger partial charge on any atom is -0.494 e. The first kappa shape index (κ1) is 12.1.